The first kappa shape index (κ1) is 16.7. The Morgan fingerprint density at radius 3 is 1.47 bits per heavy atom. The van der Waals surface area contributed by atoms with Crippen LogP contribution in [0.2, 0.25) is 0 Å². The zero-order valence-corrected chi connectivity index (χ0v) is 11.9. The third kappa shape index (κ3) is 6.56. The fourth-order valence-electron chi connectivity index (χ4n) is 1.70. The molecular weight excluding hydrogens is 272 g/mol. The van der Waals surface area contributed by atoms with Gasteiger partial charge in [0.15, 0.2) is 0 Å². The van der Waals surface area contributed by atoms with Crippen molar-refractivity contribution in [2.45, 2.75) is 25.7 Å². The average molecular weight is 288 g/mol. The van der Waals surface area contributed by atoms with Gasteiger partial charge in [-0.3, -0.25) is 0 Å². The van der Waals surface area contributed by atoms with E-state index in [9.17, 15) is 0 Å². The molecule has 10 radical (unpaired) electrons. The molecule has 0 spiro atoms. The van der Waals surface area contributed by atoms with Crippen LogP contribution in [0.3, 0.4) is 0 Å². The van der Waals surface area contributed by atoms with E-state index in [-0.39, 0.29) is 17.1 Å². The van der Waals surface area contributed by atoms with E-state index in [1.165, 1.54) is 12.8 Å². The van der Waals surface area contributed by atoms with E-state index >= 15 is 0 Å². The maximum absolute atomic E-state index is 3.18. The Bertz CT molecular complexity index is 308. The molecule has 19 heavy (non-hydrogen) atoms. The molecule has 0 aliphatic heterocycles. The molecule has 2 fully saturated rings. The normalized spacial score (nSPS) is 22.5. The van der Waals surface area contributed by atoms with Gasteiger partial charge in [0.2, 0.25) is 0 Å². The SMILES string of the molecule is C1#C[C]2[CH][CH][CH][C]2C#CCCCC1.[CH]1[CH][CH][CH][CH]1.[Fe+2]. The molecule has 3 aliphatic rings. The molecule has 3 rings (SSSR count). The molecule has 0 bridgehead atoms. The van der Waals surface area contributed by atoms with Gasteiger partial charge in [0.1, 0.15) is 0 Å². The summed E-state index contributed by atoms with van der Waals surface area (Å²) >= 11 is 0. The van der Waals surface area contributed by atoms with Gasteiger partial charge in [-0.2, -0.15) is 0 Å². The van der Waals surface area contributed by atoms with Crippen molar-refractivity contribution in [2.75, 3.05) is 0 Å². The fraction of sp³-hybridized carbons (Fsp3) is 0.222. The van der Waals surface area contributed by atoms with Crippen LogP contribution in [-0.4, -0.2) is 0 Å². The smallest absolute Gasteiger partial charge is 0.103 e. The molecule has 0 N–H and O–H groups in total. The number of rotatable bonds is 0. The van der Waals surface area contributed by atoms with Crippen LogP contribution in [0.1, 0.15) is 25.7 Å². The molecule has 0 aromatic heterocycles. The Labute approximate surface area is 130 Å². The van der Waals surface area contributed by atoms with Crippen molar-refractivity contribution in [2.24, 2.45) is 0 Å². The van der Waals surface area contributed by atoms with E-state index in [4.69, 9.17) is 0 Å². The number of hydrogen-bond acceptors (Lipinski definition) is 0. The minimum absolute atomic E-state index is 0. The first-order chi connectivity index (χ1) is 8.97. The summed E-state index contributed by atoms with van der Waals surface area (Å²) in [4.78, 5) is 0. The summed E-state index contributed by atoms with van der Waals surface area (Å²) in [5.41, 5.74) is 0. The van der Waals surface area contributed by atoms with Crippen molar-refractivity contribution in [3.63, 3.8) is 0 Å². The maximum Gasteiger partial charge on any atom is 2.00 e. The largest absolute Gasteiger partial charge is 2.00 e. The molecule has 94 valence electrons. The Morgan fingerprint density at radius 2 is 1.05 bits per heavy atom. The number of fused-ring (bicyclic) bond motifs is 1. The van der Waals surface area contributed by atoms with Crippen LogP contribution in [0.4, 0.5) is 0 Å². The molecule has 0 aromatic rings. The molecule has 3 aliphatic carbocycles. The van der Waals surface area contributed by atoms with Crippen LogP contribution in [0.25, 0.3) is 0 Å². The van der Waals surface area contributed by atoms with E-state index in [1.807, 2.05) is 51.4 Å². The fourth-order valence-corrected chi connectivity index (χ4v) is 1.70. The summed E-state index contributed by atoms with van der Waals surface area (Å²) in [6.45, 7) is 0. The quantitative estimate of drug-likeness (QED) is 0.473. The van der Waals surface area contributed by atoms with Crippen molar-refractivity contribution in [1.82, 2.24) is 0 Å². The molecule has 0 aromatic carbocycles. The van der Waals surface area contributed by atoms with E-state index in [2.05, 4.69) is 23.7 Å². The van der Waals surface area contributed by atoms with Crippen molar-refractivity contribution in [1.29, 1.82) is 0 Å². The van der Waals surface area contributed by atoms with E-state index in [0.717, 1.165) is 24.7 Å². The van der Waals surface area contributed by atoms with Crippen LogP contribution in [0.5, 0.6) is 0 Å². The van der Waals surface area contributed by atoms with Gasteiger partial charge in [-0.15, -0.1) is 11.8 Å². The molecule has 0 nitrogen and oxygen atoms in total. The van der Waals surface area contributed by atoms with Crippen LogP contribution >= 0.6 is 0 Å². The summed E-state index contributed by atoms with van der Waals surface area (Å²) in [6.07, 6.45) is 20.5. The van der Waals surface area contributed by atoms with Crippen LogP contribution in [-0.2, 0) is 17.1 Å². The van der Waals surface area contributed by atoms with Gasteiger partial charge in [-0.05, 0) is 64.2 Å². The van der Waals surface area contributed by atoms with Crippen molar-refractivity contribution < 1.29 is 17.1 Å². The topological polar surface area (TPSA) is 0 Å². The molecule has 0 heterocycles. The van der Waals surface area contributed by atoms with Gasteiger partial charge in [-0.25, -0.2) is 0 Å². The summed E-state index contributed by atoms with van der Waals surface area (Å²) in [5, 5.41) is 0. The second-order valence-corrected chi connectivity index (χ2v) is 4.13. The third-order valence-corrected chi connectivity index (χ3v) is 2.67. The minimum atomic E-state index is 0. The zero-order chi connectivity index (χ0) is 12.5. The second-order valence-electron chi connectivity index (χ2n) is 4.13. The Kier molecular flexibility index (Phi) is 9.16. The predicted octanol–water partition coefficient (Wildman–Crippen LogP) is 3.36. The van der Waals surface area contributed by atoms with Crippen molar-refractivity contribution in [3.8, 4) is 23.7 Å². The van der Waals surface area contributed by atoms with E-state index in [0.29, 0.717) is 0 Å². The molecule has 2 saturated carbocycles. The molecule has 0 amide bonds. The van der Waals surface area contributed by atoms with Gasteiger partial charge in [0.05, 0.1) is 11.8 Å². The third-order valence-electron chi connectivity index (χ3n) is 2.67. The average Bonchev–Trinajstić information content (AvgIpc) is 3.08. The first-order valence-corrected chi connectivity index (χ1v) is 6.37. The molecule has 0 saturated heterocycles. The van der Waals surface area contributed by atoms with Crippen LogP contribution < -0.4 is 0 Å². The summed E-state index contributed by atoms with van der Waals surface area (Å²) in [7, 11) is 0. The summed E-state index contributed by atoms with van der Waals surface area (Å²) in [5.74, 6) is 14.9. The van der Waals surface area contributed by atoms with Gasteiger partial charge in [-0.1, -0.05) is 11.8 Å². The van der Waals surface area contributed by atoms with E-state index < -0.39 is 0 Å². The first-order valence-electron chi connectivity index (χ1n) is 6.37. The Hall–Kier alpha value is -0.361. The Balaban J connectivity index is 0.000000256. The molecule has 0 unspecified atom stereocenters. The maximum atomic E-state index is 3.18. The van der Waals surface area contributed by atoms with Crippen molar-refractivity contribution in [3.05, 3.63) is 63.2 Å². The monoisotopic (exact) mass is 288 g/mol. The van der Waals surface area contributed by atoms with E-state index in [1.54, 1.807) is 0 Å². The molecular formula is C18H16Fe+2. The van der Waals surface area contributed by atoms with Gasteiger partial charge in [0.25, 0.3) is 0 Å². The van der Waals surface area contributed by atoms with Crippen LogP contribution in [0.15, 0.2) is 0 Å². The second kappa shape index (κ2) is 10.4. The Morgan fingerprint density at radius 1 is 0.632 bits per heavy atom. The molecule has 0 atom stereocenters. The van der Waals surface area contributed by atoms with Gasteiger partial charge >= 0.3 is 17.1 Å². The number of hydrogen-bond donors (Lipinski definition) is 0. The minimum Gasteiger partial charge on any atom is -0.103 e. The zero-order valence-electron chi connectivity index (χ0n) is 10.8. The summed E-state index contributed by atoms with van der Waals surface area (Å²) < 4.78 is 0. The van der Waals surface area contributed by atoms with Crippen molar-refractivity contribution >= 4 is 0 Å². The predicted molar refractivity (Wildman–Crippen MR) is 74.9 cm³/mol. The van der Waals surface area contributed by atoms with Crippen LogP contribution in [0, 0.1) is 86.9 Å². The van der Waals surface area contributed by atoms with Gasteiger partial charge in [0, 0.05) is 12.8 Å². The summed E-state index contributed by atoms with van der Waals surface area (Å²) in [6, 6.07) is 0. The van der Waals surface area contributed by atoms with Gasteiger partial charge < -0.3 is 0 Å². The standard InChI is InChI=1S/C13H11.C5H5.Fe/c1-2-4-6-9-13-11-7-10-12(13)8-5-3-1;1-2-4-5-3-1;/h7,10-11H,1-4H2;1-5H;/q;;+2. The molecule has 1 heteroatoms.